The highest BCUT2D eigenvalue weighted by Gasteiger charge is 2.06. The van der Waals surface area contributed by atoms with Gasteiger partial charge in [-0.2, -0.15) is 0 Å². The molecule has 0 aromatic heterocycles. The maximum absolute atomic E-state index is 12.9. The van der Waals surface area contributed by atoms with Crippen LogP contribution in [0.4, 0.5) is 13.2 Å². The van der Waals surface area contributed by atoms with Gasteiger partial charge in [-0.1, -0.05) is 0 Å². The standard InChI is InChI=1S/C9H9F3O/c1-6-8(11)4-7(5-9(6)12)13-3-2-10/h4-5H,2-3H2,1H3. The van der Waals surface area contributed by atoms with Gasteiger partial charge in [0.25, 0.3) is 0 Å². The summed E-state index contributed by atoms with van der Waals surface area (Å²) in [7, 11) is 0. The zero-order valence-electron chi connectivity index (χ0n) is 7.11. The molecule has 72 valence electrons. The molecule has 0 spiro atoms. The molecule has 1 aromatic rings. The summed E-state index contributed by atoms with van der Waals surface area (Å²) in [5, 5.41) is 0. The number of rotatable bonds is 3. The van der Waals surface area contributed by atoms with Crippen LogP contribution in [-0.2, 0) is 0 Å². The van der Waals surface area contributed by atoms with Crippen molar-refractivity contribution < 1.29 is 17.9 Å². The molecule has 0 saturated carbocycles. The molecule has 0 aliphatic rings. The Bertz CT molecular complexity index is 276. The molecule has 0 atom stereocenters. The van der Waals surface area contributed by atoms with Gasteiger partial charge in [-0.05, 0) is 6.92 Å². The molecule has 4 heteroatoms. The normalized spacial score (nSPS) is 10.2. The Morgan fingerprint density at radius 2 is 1.77 bits per heavy atom. The lowest BCUT2D eigenvalue weighted by atomic mass is 10.2. The molecule has 1 aromatic carbocycles. The third-order valence-electron chi connectivity index (χ3n) is 1.60. The summed E-state index contributed by atoms with van der Waals surface area (Å²) < 4.78 is 42.1. The highest BCUT2D eigenvalue weighted by Crippen LogP contribution is 2.19. The first kappa shape index (κ1) is 9.89. The zero-order chi connectivity index (χ0) is 9.84. The molecule has 1 nitrogen and oxygen atoms in total. The first-order valence-electron chi connectivity index (χ1n) is 3.79. The van der Waals surface area contributed by atoms with E-state index in [0.717, 1.165) is 12.1 Å². The average molecular weight is 190 g/mol. The number of ether oxygens (including phenoxy) is 1. The minimum absolute atomic E-state index is 0.0123. The predicted molar refractivity (Wildman–Crippen MR) is 42.6 cm³/mol. The van der Waals surface area contributed by atoms with Crippen LogP contribution in [0.15, 0.2) is 12.1 Å². The molecule has 1 rings (SSSR count). The summed E-state index contributed by atoms with van der Waals surface area (Å²) in [5.74, 6) is -1.36. The Morgan fingerprint density at radius 1 is 1.23 bits per heavy atom. The molecule has 0 saturated heterocycles. The van der Waals surface area contributed by atoms with E-state index in [1.54, 1.807) is 0 Å². The zero-order valence-corrected chi connectivity index (χ0v) is 7.11. The van der Waals surface area contributed by atoms with Gasteiger partial charge in [0.15, 0.2) is 0 Å². The van der Waals surface area contributed by atoms with E-state index in [2.05, 4.69) is 0 Å². The Labute approximate surface area is 74.1 Å². The van der Waals surface area contributed by atoms with Crippen molar-refractivity contribution in [2.24, 2.45) is 0 Å². The van der Waals surface area contributed by atoms with Crippen molar-refractivity contribution in [3.8, 4) is 5.75 Å². The minimum atomic E-state index is -0.686. The van der Waals surface area contributed by atoms with Gasteiger partial charge in [0, 0.05) is 17.7 Å². The fraction of sp³-hybridized carbons (Fsp3) is 0.333. The van der Waals surface area contributed by atoms with Crippen LogP contribution in [0.3, 0.4) is 0 Å². The maximum Gasteiger partial charge on any atom is 0.132 e. The lowest BCUT2D eigenvalue weighted by Gasteiger charge is -2.05. The van der Waals surface area contributed by atoms with E-state index in [-0.39, 0.29) is 17.9 Å². The van der Waals surface area contributed by atoms with Crippen LogP contribution >= 0.6 is 0 Å². The molecule has 0 unspecified atom stereocenters. The van der Waals surface area contributed by atoms with Gasteiger partial charge >= 0.3 is 0 Å². The van der Waals surface area contributed by atoms with Crippen LogP contribution in [0.25, 0.3) is 0 Å². The Morgan fingerprint density at radius 3 is 2.23 bits per heavy atom. The highest BCUT2D eigenvalue weighted by atomic mass is 19.1. The second-order valence-corrected chi connectivity index (χ2v) is 2.55. The molecule has 0 aliphatic heterocycles. The lowest BCUT2D eigenvalue weighted by molar-refractivity contribution is 0.271. The van der Waals surface area contributed by atoms with Crippen molar-refractivity contribution in [3.05, 3.63) is 29.3 Å². The first-order chi connectivity index (χ1) is 6.15. The number of benzene rings is 1. The van der Waals surface area contributed by atoms with Crippen molar-refractivity contribution in [2.75, 3.05) is 13.3 Å². The Hall–Kier alpha value is -1.19. The van der Waals surface area contributed by atoms with Crippen LogP contribution in [0.1, 0.15) is 5.56 Å². The summed E-state index contributed by atoms with van der Waals surface area (Å²) in [5.41, 5.74) is -0.0624. The van der Waals surface area contributed by atoms with E-state index in [0.29, 0.717) is 0 Å². The quantitative estimate of drug-likeness (QED) is 0.711. The van der Waals surface area contributed by atoms with Crippen molar-refractivity contribution in [3.63, 3.8) is 0 Å². The average Bonchev–Trinajstić information content (AvgIpc) is 2.10. The van der Waals surface area contributed by atoms with Crippen LogP contribution in [0, 0.1) is 18.6 Å². The molecule has 0 aliphatic carbocycles. The van der Waals surface area contributed by atoms with Crippen molar-refractivity contribution in [1.82, 2.24) is 0 Å². The number of hydrogen-bond donors (Lipinski definition) is 0. The molecule has 13 heavy (non-hydrogen) atoms. The van der Waals surface area contributed by atoms with Crippen molar-refractivity contribution >= 4 is 0 Å². The second kappa shape index (κ2) is 4.16. The van der Waals surface area contributed by atoms with E-state index < -0.39 is 18.3 Å². The van der Waals surface area contributed by atoms with Gasteiger partial charge in [-0.15, -0.1) is 0 Å². The SMILES string of the molecule is Cc1c(F)cc(OCCF)cc1F. The van der Waals surface area contributed by atoms with Crippen LogP contribution < -0.4 is 4.74 Å². The largest absolute Gasteiger partial charge is 0.491 e. The summed E-state index contributed by atoms with van der Waals surface area (Å²) in [6.45, 7) is 0.447. The molecule has 0 N–H and O–H groups in total. The molecule has 0 fully saturated rings. The van der Waals surface area contributed by atoms with Crippen LogP contribution in [0.2, 0.25) is 0 Å². The molecular formula is C9H9F3O. The maximum atomic E-state index is 12.9. The third kappa shape index (κ3) is 2.37. The van der Waals surface area contributed by atoms with Crippen molar-refractivity contribution in [2.45, 2.75) is 6.92 Å². The van der Waals surface area contributed by atoms with E-state index in [4.69, 9.17) is 4.74 Å². The Kier molecular flexibility index (Phi) is 3.17. The van der Waals surface area contributed by atoms with Gasteiger partial charge in [-0.3, -0.25) is 0 Å². The topological polar surface area (TPSA) is 9.23 Å². The fourth-order valence-electron chi connectivity index (χ4n) is 0.862. The number of halogens is 3. The second-order valence-electron chi connectivity index (χ2n) is 2.55. The Balaban J connectivity index is 2.86. The number of alkyl halides is 1. The van der Waals surface area contributed by atoms with Crippen molar-refractivity contribution in [1.29, 1.82) is 0 Å². The molecule has 0 radical (unpaired) electrons. The molecule has 0 amide bonds. The highest BCUT2D eigenvalue weighted by molar-refractivity contribution is 5.29. The van der Waals surface area contributed by atoms with E-state index >= 15 is 0 Å². The monoisotopic (exact) mass is 190 g/mol. The number of hydrogen-bond acceptors (Lipinski definition) is 1. The van der Waals surface area contributed by atoms with E-state index in [9.17, 15) is 13.2 Å². The summed E-state index contributed by atoms with van der Waals surface area (Å²) >= 11 is 0. The van der Waals surface area contributed by atoms with E-state index in [1.165, 1.54) is 6.92 Å². The molecular weight excluding hydrogens is 181 g/mol. The lowest BCUT2D eigenvalue weighted by Crippen LogP contribution is -2.00. The third-order valence-corrected chi connectivity index (χ3v) is 1.60. The summed E-state index contributed by atoms with van der Waals surface area (Å²) in [4.78, 5) is 0. The fourth-order valence-corrected chi connectivity index (χ4v) is 0.862. The van der Waals surface area contributed by atoms with Gasteiger partial charge < -0.3 is 4.74 Å². The van der Waals surface area contributed by atoms with Gasteiger partial charge in [-0.25, -0.2) is 13.2 Å². The van der Waals surface area contributed by atoms with E-state index in [1.807, 2.05) is 0 Å². The first-order valence-corrected chi connectivity index (χ1v) is 3.79. The van der Waals surface area contributed by atoms with Gasteiger partial charge in [0.1, 0.15) is 30.7 Å². The molecule has 0 heterocycles. The smallest absolute Gasteiger partial charge is 0.132 e. The summed E-state index contributed by atoms with van der Waals surface area (Å²) in [6, 6.07) is 2.07. The van der Waals surface area contributed by atoms with Crippen LogP contribution in [0.5, 0.6) is 5.75 Å². The summed E-state index contributed by atoms with van der Waals surface area (Å²) in [6.07, 6.45) is 0. The minimum Gasteiger partial charge on any atom is -0.491 e. The van der Waals surface area contributed by atoms with Gasteiger partial charge in [0.05, 0.1) is 0 Å². The van der Waals surface area contributed by atoms with Gasteiger partial charge in [0.2, 0.25) is 0 Å². The van der Waals surface area contributed by atoms with Crippen LogP contribution in [-0.4, -0.2) is 13.3 Å². The molecule has 0 bridgehead atoms. The predicted octanol–water partition coefficient (Wildman–Crippen LogP) is 2.62.